The Bertz CT molecular complexity index is 757. The number of nitrogens with two attached hydrogens (primary N) is 1. The molecule has 0 saturated carbocycles. The van der Waals surface area contributed by atoms with Gasteiger partial charge in [-0.3, -0.25) is 9.67 Å². The van der Waals surface area contributed by atoms with Gasteiger partial charge in [0, 0.05) is 25.0 Å². The van der Waals surface area contributed by atoms with E-state index >= 15 is 0 Å². The van der Waals surface area contributed by atoms with Crippen LogP contribution in [0.4, 0.5) is 5.82 Å². The number of anilines is 1. The number of nitrogen functional groups attached to an aromatic ring is 1. The van der Waals surface area contributed by atoms with Gasteiger partial charge in [0.1, 0.15) is 11.5 Å². The van der Waals surface area contributed by atoms with Gasteiger partial charge in [0.15, 0.2) is 0 Å². The topological polar surface area (TPSA) is 69.6 Å². The van der Waals surface area contributed by atoms with Gasteiger partial charge >= 0.3 is 0 Å². The second-order valence-corrected chi connectivity index (χ2v) is 5.82. The first kappa shape index (κ1) is 12.8. The largest absolute Gasteiger partial charge is 0.383 e. The zero-order valence-corrected chi connectivity index (χ0v) is 12.4. The van der Waals surface area contributed by atoms with E-state index in [1.807, 2.05) is 33.0 Å². The van der Waals surface area contributed by atoms with Crippen molar-refractivity contribution in [2.75, 3.05) is 5.73 Å². The molecule has 0 fully saturated rings. The molecular formula is C14H15N5S. The predicted octanol–water partition coefficient (Wildman–Crippen LogP) is 2.80. The van der Waals surface area contributed by atoms with E-state index in [2.05, 4.69) is 15.1 Å². The summed E-state index contributed by atoms with van der Waals surface area (Å²) in [6.45, 7) is 3.99. The molecule has 0 aliphatic carbocycles. The molecule has 0 aliphatic rings. The van der Waals surface area contributed by atoms with Gasteiger partial charge in [-0.1, -0.05) is 6.07 Å². The first-order valence-corrected chi connectivity index (χ1v) is 7.07. The van der Waals surface area contributed by atoms with Crippen LogP contribution in [0.15, 0.2) is 24.5 Å². The van der Waals surface area contributed by atoms with Crippen LogP contribution in [0.1, 0.15) is 10.7 Å². The minimum absolute atomic E-state index is 0.637. The third kappa shape index (κ3) is 1.98. The van der Waals surface area contributed by atoms with Gasteiger partial charge in [0.25, 0.3) is 0 Å². The molecule has 0 radical (unpaired) electrons. The minimum Gasteiger partial charge on any atom is -0.383 e. The molecule has 20 heavy (non-hydrogen) atoms. The highest BCUT2D eigenvalue weighted by Crippen LogP contribution is 2.39. The van der Waals surface area contributed by atoms with Crippen molar-refractivity contribution in [1.29, 1.82) is 0 Å². The van der Waals surface area contributed by atoms with E-state index in [0.717, 1.165) is 32.4 Å². The molecule has 102 valence electrons. The molecule has 3 heterocycles. The highest BCUT2D eigenvalue weighted by molar-refractivity contribution is 7.15. The Labute approximate surface area is 121 Å². The number of pyridine rings is 1. The van der Waals surface area contributed by atoms with Crippen LogP contribution in [-0.2, 0) is 7.05 Å². The van der Waals surface area contributed by atoms with E-state index in [0.29, 0.717) is 5.82 Å². The monoisotopic (exact) mass is 285 g/mol. The molecule has 0 unspecified atom stereocenters. The molecule has 3 aromatic rings. The summed E-state index contributed by atoms with van der Waals surface area (Å²) in [5.41, 5.74) is 9.94. The Morgan fingerprint density at radius 2 is 2.10 bits per heavy atom. The summed E-state index contributed by atoms with van der Waals surface area (Å²) in [5.74, 6) is 0.637. The van der Waals surface area contributed by atoms with Crippen molar-refractivity contribution in [3.63, 3.8) is 0 Å². The summed E-state index contributed by atoms with van der Waals surface area (Å²) < 4.78 is 1.70. The predicted molar refractivity (Wildman–Crippen MR) is 81.4 cm³/mol. The SMILES string of the molecule is Cc1nc(C)c(-c2nn(C)c(N)c2-c2cccnc2)s1. The zero-order valence-electron chi connectivity index (χ0n) is 11.6. The van der Waals surface area contributed by atoms with Gasteiger partial charge in [-0.15, -0.1) is 11.3 Å². The molecule has 0 aliphatic heterocycles. The lowest BCUT2D eigenvalue weighted by atomic mass is 10.1. The third-order valence-corrected chi connectivity index (χ3v) is 4.24. The van der Waals surface area contributed by atoms with Gasteiger partial charge in [0.05, 0.1) is 21.1 Å². The van der Waals surface area contributed by atoms with Gasteiger partial charge in [0.2, 0.25) is 0 Å². The molecular weight excluding hydrogens is 270 g/mol. The van der Waals surface area contributed by atoms with Crippen molar-refractivity contribution in [3.8, 4) is 21.7 Å². The van der Waals surface area contributed by atoms with Crippen LogP contribution in [0.3, 0.4) is 0 Å². The Kier molecular flexibility index (Phi) is 3.02. The number of thiazole rings is 1. The summed E-state index contributed by atoms with van der Waals surface area (Å²) in [7, 11) is 1.85. The molecule has 6 heteroatoms. The van der Waals surface area contributed by atoms with E-state index in [9.17, 15) is 0 Å². The van der Waals surface area contributed by atoms with E-state index in [1.54, 1.807) is 28.4 Å². The number of aromatic nitrogens is 4. The van der Waals surface area contributed by atoms with Crippen LogP contribution < -0.4 is 5.73 Å². The van der Waals surface area contributed by atoms with Crippen molar-refractivity contribution in [1.82, 2.24) is 19.7 Å². The normalized spacial score (nSPS) is 10.9. The summed E-state index contributed by atoms with van der Waals surface area (Å²) >= 11 is 1.64. The van der Waals surface area contributed by atoms with Crippen molar-refractivity contribution in [2.24, 2.45) is 7.05 Å². The first-order chi connectivity index (χ1) is 9.58. The molecule has 0 saturated heterocycles. The Morgan fingerprint density at radius 3 is 2.70 bits per heavy atom. The summed E-state index contributed by atoms with van der Waals surface area (Å²) in [4.78, 5) is 9.71. The molecule has 0 amide bonds. The second-order valence-electron chi connectivity index (χ2n) is 4.62. The van der Waals surface area contributed by atoms with Gasteiger partial charge in [-0.25, -0.2) is 4.98 Å². The molecule has 0 bridgehead atoms. The molecule has 2 N–H and O–H groups in total. The summed E-state index contributed by atoms with van der Waals surface area (Å²) in [6.07, 6.45) is 3.55. The van der Waals surface area contributed by atoms with Crippen LogP contribution >= 0.6 is 11.3 Å². The van der Waals surface area contributed by atoms with E-state index in [-0.39, 0.29) is 0 Å². The molecule has 5 nitrogen and oxygen atoms in total. The van der Waals surface area contributed by atoms with E-state index in [1.165, 1.54) is 0 Å². The van der Waals surface area contributed by atoms with Crippen LogP contribution in [0.25, 0.3) is 21.7 Å². The number of hydrogen-bond acceptors (Lipinski definition) is 5. The number of hydrogen-bond donors (Lipinski definition) is 1. The molecule has 3 rings (SSSR count). The lowest BCUT2D eigenvalue weighted by Crippen LogP contribution is -1.98. The summed E-state index contributed by atoms with van der Waals surface area (Å²) in [5, 5.41) is 5.59. The lowest BCUT2D eigenvalue weighted by molar-refractivity contribution is 0.782. The highest BCUT2D eigenvalue weighted by atomic mass is 32.1. The average molecular weight is 285 g/mol. The first-order valence-electron chi connectivity index (χ1n) is 6.25. The average Bonchev–Trinajstić information content (AvgIpc) is 2.91. The Morgan fingerprint density at radius 1 is 1.30 bits per heavy atom. The quantitative estimate of drug-likeness (QED) is 0.786. The molecule has 3 aromatic heterocycles. The van der Waals surface area contributed by atoms with Crippen LogP contribution in [0.2, 0.25) is 0 Å². The van der Waals surface area contributed by atoms with Crippen molar-refractivity contribution < 1.29 is 0 Å². The number of aryl methyl sites for hydroxylation is 3. The van der Waals surface area contributed by atoms with E-state index < -0.39 is 0 Å². The van der Waals surface area contributed by atoms with E-state index in [4.69, 9.17) is 5.73 Å². The van der Waals surface area contributed by atoms with Crippen molar-refractivity contribution in [2.45, 2.75) is 13.8 Å². The van der Waals surface area contributed by atoms with Crippen molar-refractivity contribution in [3.05, 3.63) is 35.2 Å². The fraction of sp³-hybridized carbons (Fsp3) is 0.214. The van der Waals surface area contributed by atoms with Crippen LogP contribution in [0.5, 0.6) is 0 Å². The smallest absolute Gasteiger partial charge is 0.130 e. The number of nitrogens with zero attached hydrogens (tertiary/aromatic N) is 4. The molecule has 0 spiro atoms. The summed E-state index contributed by atoms with van der Waals surface area (Å²) in [6, 6.07) is 3.89. The van der Waals surface area contributed by atoms with Gasteiger partial charge in [-0.05, 0) is 19.9 Å². The maximum atomic E-state index is 6.19. The molecule has 0 aromatic carbocycles. The van der Waals surface area contributed by atoms with Crippen LogP contribution in [0, 0.1) is 13.8 Å². The highest BCUT2D eigenvalue weighted by Gasteiger charge is 2.20. The molecule has 0 atom stereocenters. The lowest BCUT2D eigenvalue weighted by Gasteiger charge is -2.02. The zero-order chi connectivity index (χ0) is 14.3. The maximum Gasteiger partial charge on any atom is 0.130 e. The standard InChI is InChI=1S/C14H15N5S/c1-8-13(20-9(2)17-8)12-11(14(15)19(3)18-12)10-5-4-6-16-7-10/h4-7H,15H2,1-3H3. The number of rotatable bonds is 2. The fourth-order valence-electron chi connectivity index (χ4n) is 2.24. The second kappa shape index (κ2) is 4.72. The Balaban J connectivity index is 2.28. The van der Waals surface area contributed by atoms with Gasteiger partial charge < -0.3 is 5.73 Å². The third-order valence-electron chi connectivity index (χ3n) is 3.16. The Hall–Kier alpha value is -2.21. The van der Waals surface area contributed by atoms with Gasteiger partial charge in [-0.2, -0.15) is 5.10 Å². The maximum absolute atomic E-state index is 6.19. The van der Waals surface area contributed by atoms with Crippen LogP contribution in [-0.4, -0.2) is 19.7 Å². The van der Waals surface area contributed by atoms with Crippen molar-refractivity contribution >= 4 is 17.2 Å². The fourth-order valence-corrected chi connectivity index (χ4v) is 3.15. The minimum atomic E-state index is 0.637.